The van der Waals surface area contributed by atoms with Gasteiger partial charge in [0.2, 0.25) is 0 Å². The van der Waals surface area contributed by atoms with Gasteiger partial charge in [0, 0.05) is 16.6 Å². The number of benzene rings is 2. The van der Waals surface area contributed by atoms with Crippen molar-refractivity contribution < 1.29 is 4.79 Å². The van der Waals surface area contributed by atoms with Crippen LogP contribution in [0.3, 0.4) is 0 Å². The summed E-state index contributed by atoms with van der Waals surface area (Å²) in [5, 5.41) is 2.95. The van der Waals surface area contributed by atoms with Crippen LogP contribution in [0.5, 0.6) is 0 Å². The minimum atomic E-state index is -0.133. The lowest BCUT2D eigenvalue weighted by molar-refractivity contribution is 0.102. The Bertz CT molecular complexity index is 973. The number of hydrogen-bond acceptors (Lipinski definition) is 4. The maximum atomic E-state index is 12.6. The van der Waals surface area contributed by atoms with Gasteiger partial charge in [0.15, 0.2) is 0 Å². The van der Waals surface area contributed by atoms with Gasteiger partial charge >= 0.3 is 4.87 Å². The van der Waals surface area contributed by atoms with Crippen LogP contribution < -0.4 is 10.2 Å². The zero-order valence-corrected chi connectivity index (χ0v) is 16.0. The summed E-state index contributed by atoms with van der Waals surface area (Å²) in [6.07, 6.45) is 0. The number of carbonyl (C=O) groups excluding carboxylic acids is 1. The Morgan fingerprint density at radius 1 is 1.24 bits per heavy atom. The maximum absolute atomic E-state index is 12.6. The number of hydrogen-bond donors (Lipinski definition) is 1. The molecule has 2 aromatic carbocycles. The van der Waals surface area contributed by atoms with Crippen LogP contribution in [0.1, 0.15) is 37.2 Å². The number of aromatic nitrogens is 1. The Labute approximate surface area is 154 Å². The normalized spacial score (nSPS) is 11.2. The van der Waals surface area contributed by atoms with Crippen molar-refractivity contribution >= 4 is 44.9 Å². The van der Waals surface area contributed by atoms with Crippen LogP contribution in [0, 0.1) is 0 Å². The summed E-state index contributed by atoms with van der Waals surface area (Å²) in [4.78, 5) is 25.8. The molecule has 0 saturated carbocycles. The third kappa shape index (κ3) is 3.65. The summed E-state index contributed by atoms with van der Waals surface area (Å²) in [7, 11) is 0. The highest BCUT2D eigenvalue weighted by molar-refractivity contribution is 7.99. The van der Waals surface area contributed by atoms with E-state index in [1.165, 1.54) is 11.3 Å². The van der Waals surface area contributed by atoms with Gasteiger partial charge in [0.1, 0.15) is 0 Å². The highest BCUT2D eigenvalue weighted by Crippen LogP contribution is 2.26. The fraction of sp³-hybridized carbons (Fsp3) is 0.263. The zero-order valence-electron chi connectivity index (χ0n) is 14.4. The topological polar surface area (TPSA) is 51.1 Å². The summed E-state index contributed by atoms with van der Waals surface area (Å²) >= 11 is 2.86. The first-order chi connectivity index (χ1) is 12.0. The Morgan fingerprint density at radius 3 is 2.72 bits per heavy atom. The summed E-state index contributed by atoms with van der Waals surface area (Å²) < 4.78 is 2.66. The SMILES string of the molecule is CCSc1ccccc1C(=O)Nc1ccc2c(c1)sc(=O)n2C(C)C. The second-order valence-electron chi connectivity index (χ2n) is 5.90. The Hall–Kier alpha value is -2.05. The molecule has 0 spiro atoms. The van der Waals surface area contributed by atoms with Crippen LogP contribution >= 0.6 is 23.1 Å². The predicted molar refractivity (Wildman–Crippen MR) is 107 cm³/mol. The smallest absolute Gasteiger partial charge is 0.308 e. The van der Waals surface area contributed by atoms with Crippen LogP contribution in [0.2, 0.25) is 0 Å². The van der Waals surface area contributed by atoms with Crippen LogP contribution in [-0.4, -0.2) is 16.2 Å². The summed E-state index contributed by atoms with van der Waals surface area (Å²) in [6.45, 7) is 6.05. The fourth-order valence-corrected chi connectivity index (χ4v) is 4.59. The largest absolute Gasteiger partial charge is 0.322 e. The predicted octanol–water partition coefficient (Wildman–Crippen LogP) is 5.01. The summed E-state index contributed by atoms with van der Waals surface area (Å²) in [5.41, 5.74) is 2.28. The molecule has 1 aromatic heterocycles. The van der Waals surface area contributed by atoms with E-state index in [4.69, 9.17) is 0 Å². The van der Waals surface area contributed by atoms with Crippen molar-refractivity contribution in [2.45, 2.75) is 31.7 Å². The van der Waals surface area contributed by atoms with Crippen molar-refractivity contribution in [3.8, 4) is 0 Å². The lowest BCUT2D eigenvalue weighted by Crippen LogP contribution is -2.14. The van der Waals surface area contributed by atoms with Gasteiger partial charge in [0.05, 0.1) is 15.8 Å². The lowest BCUT2D eigenvalue weighted by Gasteiger charge is -2.10. The van der Waals surface area contributed by atoms with E-state index in [0.717, 1.165) is 20.9 Å². The number of fused-ring (bicyclic) bond motifs is 1. The molecule has 0 radical (unpaired) electrons. The van der Waals surface area contributed by atoms with Gasteiger partial charge in [-0.05, 0) is 49.9 Å². The molecular weight excluding hydrogens is 352 g/mol. The number of nitrogens with one attached hydrogen (secondary N) is 1. The molecule has 3 aromatic rings. The van der Waals surface area contributed by atoms with Gasteiger partial charge in [0.25, 0.3) is 5.91 Å². The molecule has 0 aliphatic heterocycles. The molecule has 130 valence electrons. The van der Waals surface area contributed by atoms with Crippen molar-refractivity contribution in [3.05, 3.63) is 57.7 Å². The zero-order chi connectivity index (χ0) is 18.0. The van der Waals surface area contributed by atoms with Crippen molar-refractivity contribution in [2.24, 2.45) is 0 Å². The average molecular weight is 373 g/mol. The van der Waals surface area contributed by atoms with Crippen LogP contribution in [-0.2, 0) is 0 Å². The van der Waals surface area contributed by atoms with Crippen molar-refractivity contribution in [3.63, 3.8) is 0 Å². The van der Waals surface area contributed by atoms with E-state index in [0.29, 0.717) is 11.3 Å². The molecule has 1 heterocycles. The summed E-state index contributed by atoms with van der Waals surface area (Å²) in [6, 6.07) is 13.3. The van der Waals surface area contributed by atoms with Crippen molar-refractivity contribution in [2.75, 3.05) is 11.1 Å². The van der Waals surface area contributed by atoms with Crippen LogP contribution in [0.25, 0.3) is 10.2 Å². The van der Waals surface area contributed by atoms with E-state index < -0.39 is 0 Å². The molecular formula is C19H20N2O2S2. The third-order valence-electron chi connectivity index (χ3n) is 3.82. The highest BCUT2D eigenvalue weighted by atomic mass is 32.2. The van der Waals surface area contributed by atoms with E-state index in [-0.39, 0.29) is 16.8 Å². The van der Waals surface area contributed by atoms with E-state index in [9.17, 15) is 9.59 Å². The number of carbonyl (C=O) groups is 1. The van der Waals surface area contributed by atoms with Gasteiger partial charge in [-0.25, -0.2) is 0 Å². The van der Waals surface area contributed by atoms with Crippen molar-refractivity contribution in [1.29, 1.82) is 0 Å². The van der Waals surface area contributed by atoms with Crippen LogP contribution in [0.4, 0.5) is 5.69 Å². The molecule has 0 aliphatic carbocycles. The van der Waals surface area contributed by atoms with Gasteiger partial charge < -0.3 is 5.32 Å². The molecule has 0 unspecified atom stereocenters. The monoisotopic (exact) mass is 372 g/mol. The second kappa shape index (κ2) is 7.45. The minimum Gasteiger partial charge on any atom is -0.322 e. The maximum Gasteiger partial charge on any atom is 0.308 e. The molecule has 0 fully saturated rings. The van der Waals surface area contributed by atoms with Crippen LogP contribution in [0.15, 0.2) is 52.2 Å². The van der Waals surface area contributed by atoms with E-state index in [1.807, 2.05) is 56.3 Å². The molecule has 25 heavy (non-hydrogen) atoms. The summed E-state index contributed by atoms with van der Waals surface area (Å²) in [5.74, 6) is 0.777. The first kappa shape index (κ1) is 17.8. The Balaban J connectivity index is 1.91. The lowest BCUT2D eigenvalue weighted by atomic mass is 10.2. The third-order valence-corrected chi connectivity index (χ3v) is 5.69. The number of nitrogens with zero attached hydrogens (tertiary/aromatic N) is 1. The number of anilines is 1. The highest BCUT2D eigenvalue weighted by Gasteiger charge is 2.14. The molecule has 0 bridgehead atoms. The molecule has 3 rings (SSSR count). The number of thiazole rings is 1. The molecule has 4 nitrogen and oxygen atoms in total. The minimum absolute atomic E-state index is 0.0261. The first-order valence-electron chi connectivity index (χ1n) is 8.19. The van der Waals surface area contributed by atoms with Gasteiger partial charge in [-0.1, -0.05) is 30.4 Å². The number of rotatable bonds is 5. The first-order valence-corrected chi connectivity index (χ1v) is 9.99. The molecule has 0 atom stereocenters. The van der Waals surface area contributed by atoms with Gasteiger partial charge in [-0.2, -0.15) is 0 Å². The molecule has 0 saturated heterocycles. The molecule has 1 N–H and O–H groups in total. The van der Waals surface area contributed by atoms with Crippen molar-refractivity contribution in [1.82, 2.24) is 4.57 Å². The van der Waals surface area contributed by atoms with E-state index in [2.05, 4.69) is 12.2 Å². The molecule has 6 heteroatoms. The average Bonchev–Trinajstić information content (AvgIpc) is 2.90. The fourth-order valence-electron chi connectivity index (χ4n) is 2.74. The Kier molecular flexibility index (Phi) is 5.30. The number of amides is 1. The number of thioether (sulfide) groups is 1. The van der Waals surface area contributed by atoms with E-state index in [1.54, 1.807) is 16.3 Å². The Morgan fingerprint density at radius 2 is 2.00 bits per heavy atom. The standard InChI is InChI=1S/C19H20N2O2S2/c1-4-24-16-8-6-5-7-14(16)18(22)20-13-9-10-15-17(11-13)25-19(23)21(15)12(2)3/h5-12H,4H2,1-3H3,(H,20,22). The van der Waals surface area contributed by atoms with Gasteiger partial charge in [-0.3, -0.25) is 14.2 Å². The molecule has 0 aliphatic rings. The second-order valence-corrected chi connectivity index (χ2v) is 8.20. The molecule has 1 amide bonds. The van der Waals surface area contributed by atoms with E-state index >= 15 is 0 Å². The van der Waals surface area contributed by atoms with Gasteiger partial charge in [-0.15, -0.1) is 11.8 Å². The quantitative estimate of drug-likeness (QED) is 0.641.